The third-order valence-corrected chi connectivity index (χ3v) is 6.16. The molecule has 0 radical (unpaired) electrons. The average molecular weight is 575 g/mol. The average Bonchev–Trinajstić information content (AvgIpc) is 2.90. The molecule has 6 N–H and O–H groups in total. The fourth-order valence-corrected chi connectivity index (χ4v) is 4.30. The number of ether oxygens (including phenoxy) is 4. The number of amides is 2. The van der Waals surface area contributed by atoms with Crippen LogP contribution in [0.15, 0.2) is 45.6 Å². The highest BCUT2D eigenvalue weighted by molar-refractivity contribution is 5.88. The third kappa shape index (κ3) is 6.23. The zero-order chi connectivity index (χ0) is 29.8. The van der Waals surface area contributed by atoms with Crippen molar-refractivity contribution in [3.05, 3.63) is 46.6 Å². The molecule has 2 amide bonds. The number of alkyl carbamates (subject to hydrolysis) is 2. The molecule has 2 aromatic carbocycles. The van der Waals surface area contributed by atoms with E-state index in [0.717, 1.165) is 12.1 Å². The van der Waals surface area contributed by atoms with Crippen molar-refractivity contribution < 1.29 is 53.4 Å². The molecule has 220 valence electrons. The van der Waals surface area contributed by atoms with Gasteiger partial charge in [-0.3, -0.25) is 4.79 Å². The van der Waals surface area contributed by atoms with Gasteiger partial charge in [-0.25, -0.2) is 9.59 Å². The predicted molar refractivity (Wildman–Crippen MR) is 142 cm³/mol. The molecule has 0 saturated carbocycles. The van der Waals surface area contributed by atoms with Crippen molar-refractivity contribution in [2.75, 3.05) is 13.1 Å². The molecule has 1 aliphatic rings. The highest BCUT2D eigenvalue weighted by atomic mass is 16.7. The molecule has 4 rings (SSSR count). The molecule has 1 aliphatic heterocycles. The highest BCUT2D eigenvalue weighted by Crippen LogP contribution is 2.38. The minimum atomic E-state index is -1.79. The van der Waals surface area contributed by atoms with Gasteiger partial charge in [-0.15, -0.1) is 0 Å². The number of benzene rings is 2. The van der Waals surface area contributed by atoms with Gasteiger partial charge in [0.2, 0.25) is 17.5 Å². The number of hydrogen-bond donors (Lipinski definition) is 6. The number of phenolic OH excluding ortho intramolecular Hbond substituents is 3. The van der Waals surface area contributed by atoms with Gasteiger partial charge in [-0.1, -0.05) is 0 Å². The second-order valence-electron chi connectivity index (χ2n) is 9.09. The summed E-state index contributed by atoms with van der Waals surface area (Å²) in [6.45, 7) is 5.27. The van der Waals surface area contributed by atoms with Crippen LogP contribution in [0.5, 0.6) is 23.0 Å². The van der Waals surface area contributed by atoms with E-state index in [0.29, 0.717) is 0 Å². The summed E-state index contributed by atoms with van der Waals surface area (Å²) in [4.78, 5) is 38.1. The molecule has 0 unspecified atom stereocenters. The molecule has 1 saturated heterocycles. The molecule has 1 aromatic heterocycles. The van der Waals surface area contributed by atoms with E-state index in [1.807, 2.05) is 0 Å². The Morgan fingerprint density at radius 1 is 0.927 bits per heavy atom. The SMILES string of the molecule is CCNC(=O)O[C@@H]1[C@@H](OC(=O)NCC)[C@@H](O)[C@H](Oc2c(-c3ccc(O)cc3)oc3cc(O)cc(O)c3c2=O)O[C@H]1C. The first kappa shape index (κ1) is 29.3. The number of fused-ring (bicyclic) bond motifs is 1. The Morgan fingerprint density at radius 3 is 2.15 bits per heavy atom. The maximum Gasteiger partial charge on any atom is 0.407 e. The first-order chi connectivity index (χ1) is 19.5. The highest BCUT2D eigenvalue weighted by Gasteiger charge is 2.50. The second kappa shape index (κ2) is 12.2. The van der Waals surface area contributed by atoms with E-state index in [9.17, 15) is 34.8 Å². The molecule has 3 aromatic rings. The van der Waals surface area contributed by atoms with Crippen molar-refractivity contribution in [1.29, 1.82) is 0 Å². The maximum absolute atomic E-state index is 13.6. The van der Waals surface area contributed by atoms with Crippen molar-refractivity contribution in [3.8, 4) is 34.3 Å². The van der Waals surface area contributed by atoms with E-state index < -0.39 is 59.8 Å². The zero-order valence-corrected chi connectivity index (χ0v) is 22.3. The molecule has 41 heavy (non-hydrogen) atoms. The quantitative estimate of drug-likeness (QED) is 0.240. The molecule has 1 fully saturated rings. The molecule has 14 heteroatoms. The Hall–Kier alpha value is -4.69. The number of aliphatic hydroxyl groups excluding tert-OH is 1. The van der Waals surface area contributed by atoms with Crippen LogP contribution in [0.2, 0.25) is 0 Å². The molecule has 0 spiro atoms. The predicted octanol–water partition coefficient (Wildman–Crippen LogP) is 2.29. The Labute approximate surface area is 233 Å². The lowest BCUT2D eigenvalue weighted by molar-refractivity contribution is -0.266. The number of nitrogens with one attached hydrogen (secondary N) is 2. The van der Waals surface area contributed by atoms with Gasteiger partial charge >= 0.3 is 12.2 Å². The summed E-state index contributed by atoms with van der Waals surface area (Å²) in [7, 11) is 0. The third-order valence-electron chi connectivity index (χ3n) is 6.16. The summed E-state index contributed by atoms with van der Waals surface area (Å²) in [6.07, 6.45) is -8.97. The maximum atomic E-state index is 13.6. The van der Waals surface area contributed by atoms with Crippen LogP contribution in [0.1, 0.15) is 20.8 Å². The lowest BCUT2D eigenvalue weighted by Crippen LogP contribution is -2.62. The van der Waals surface area contributed by atoms with Gasteiger partial charge in [0.1, 0.15) is 28.2 Å². The summed E-state index contributed by atoms with van der Waals surface area (Å²) in [5.74, 6) is -1.72. The summed E-state index contributed by atoms with van der Waals surface area (Å²) in [6, 6.07) is 7.57. The molecule has 14 nitrogen and oxygen atoms in total. The minimum absolute atomic E-state index is 0.0713. The summed E-state index contributed by atoms with van der Waals surface area (Å²) in [5.41, 5.74) is -0.794. The summed E-state index contributed by atoms with van der Waals surface area (Å²) >= 11 is 0. The molecule has 0 aliphatic carbocycles. The van der Waals surface area contributed by atoms with Crippen LogP contribution in [0.4, 0.5) is 9.59 Å². The van der Waals surface area contributed by atoms with Gasteiger partial charge in [-0.05, 0) is 45.0 Å². The largest absolute Gasteiger partial charge is 0.508 e. The Bertz CT molecular complexity index is 1470. The number of aliphatic hydroxyl groups is 1. The Kier molecular flexibility index (Phi) is 8.74. The molecule has 0 bridgehead atoms. The van der Waals surface area contributed by atoms with E-state index >= 15 is 0 Å². The smallest absolute Gasteiger partial charge is 0.407 e. The number of phenols is 3. The molecule has 2 heterocycles. The normalized spacial score (nSPS) is 22.1. The van der Waals surface area contributed by atoms with Gasteiger partial charge < -0.3 is 54.4 Å². The monoisotopic (exact) mass is 574 g/mol. The van der Waals surface area contributed by atoms with Crippen molar-refractivity contribution in [3.63, 3.8) is 0 Å². The van der Waals surface area contributed by atoms with Gasteiger partial charge in [-0.2, -0.15) is 0 Å². The standard InChI is InChI=1S/C27H30N2O12/c1-4-28-26(35)40-21-12(3)37-25(20(34)24(21)41-27(36)29-5-2)39-23-19(33)18-16(32)10-15(31)11-17(18)38-22(23)13-6-8-14(30)9-7-13/h6-12,20-21,24-25,30-32,34H,4-5H2,1-3H3,(H,28,35)(H,29,36)/t12-,20+,21-,24-,25-/m0/s1. The molecular weight excluding hydrogens is 544 g/mol. The van der Waals surface area contributed by atoms with Crippen LogP contribution in [0.3, 0.4) is 0 Å². The van der Waals surface area contributed by atoms with Gasteiger partial charge in [0.15, 0.2) is 24.1 Å². The van der Waals surface area contributed by atoms with E-state index in [1.54, 1.807) is 13.8 Å². The van der Waals surface area contributed by atoms with Crippen molar-refractivity contribution in [2.24, 2.45) is 0 Å². The first-order valence-electron chi connectivity index (χ1n) is 12.7. The lowest BCUT2D eigenvalue weighted by Gasteiger charge is -2.42. The number of rotatable bonds is 7. The van der Waals surface area contributed by atoms with Crippen molar-refractivity contribution >= 4 is 23.2 Å². The van der Waals surface area contributed by atoms with Crippen molar-refractivity contribution in [1.82, 2.24) is 10.6 Å². The summed E-state index contributed by atoms with van der Waals surface area (Å²) in [5, 5.41) is 45.8. The zero-order valence-electron chi connectivity index (χ0n) is 22.3. The molecular formula is C27H30N2O12. The number of aromatic hydroxyl groups is 3. The Morgan fingerprint density at radius 2 is 1.54 bits per heavy atom. The van der Waals surface area contributed by atoms with Crippen LogP contribution >= 0.6 is 0 Å². The number of hydrogen-bond acceptors (Lipinski definition) is 12. The summed E-state index contributed by atoms with van der Waals surface area (Å²) < 4.78 is 28.2. The van der Waals surface area contributed by atoms with E-state index in [4.69, 9.17) is 23.4 Å². The van der Waals surface area contributed by atoms with Crippen LogP contribution < -0.4 is 20.8 Å². The van der Waals surface area contributed by atoms with Crippen LogP contribution in [-0.4, -0.2) is 76.4 Å². The van der Waals surface area contributed by atoms with Crippen LogP contribution in [-0.2, 0) is 14.2 Å². The van der Waals surface area contributed by atoms with Gasteiger partial charge in [0.05, 0.1) is 6.10 Å². The fraction of sp³-hybridized carbons (Fsp3) is 0.370. The fourth-order valence-electron chi connectivity index (χ4n) is 4.30. The molecule has 5 atom stereocenters. The second-order valence-corrected chi connectivity index (χ2v) is 9.09. The first-order valence-corrected chi connectivity index (χ1v) is 12.7. The Balaban J connectivity index is 1.78. The van der Waals surface area contributed by atoms with E-state index in [2.05, 4.69) is 10.6 Å². The lowest BCUT2D eigenvalue weighted by atomic mass is 9.99. The topological polar surface area (TPSA) is 206 Å². The van der Waals surface area contributed by atoms with E-state index in [1.165, 1.54) is 31.2 Å². The van der Waals surface area contributed by atoms with Gasteiger partial charge in [0, 0.05) is 30.8 Å². The van der Waals surface area contributed by atoms with Crippen LogP contribution in [0.25, 0.3) is 22.3 Å². The van der Waals surface area contributed by atoms with E-state index in [-0.39, 0.29) is 46.9 Å². The number of carbonyl (C=O) groups excluding carboxylic acids is 2. The van der Waals surface area contributed by atoms with Crippen LogP contribution in [0, 0.1) is 0 Å². The van der Waals surface area contributed by atoms with Gasteiger partial charge in [0.25, 0.3) is 0 Å². The van der Waals surface area contributed by atoms with Crippen molar-refractivity contribution in [2.45, 2.75) is 51.5 Å². The minimum Gasteiger partial charge on any atom is -0.508 e. The number of carbonyl (C=O) groups is 2.